The molecular weight excluding hydrogens is 476 g/mol. The number of nitrogens with zero attached hydrogens (tertiary/aromatic N) is 2. The van der Waals surface area contributed by atoms with Crippen LogP contribution in [0.3, 0.4) is 0 Å². The van der Waals surface area contributed by atoms with Crippen molar-refractivity contribution < 1.29 is 38.4 Å². The Balaban J connectivity index is 1.81. The summed E-state index contributed by atoms with van der Waals surface area (Å²) in [4.78, 5) is 24.0. The number of methoxy groups -OCH3 is 1. The summed E-state index contributed by atoms with van der Waals surface area (Å²) in [6, 6.07) is 8.63. The minimum atomic E-state index is -1.97. The predicted molar refractivity (Wildman–Crippen MR) is 116 cm³/mol. The molecule has 0 saturated heterocycles. The Kier molecular flexibility index (Phi) is 7.69. The molecule has 0 bridgehead atoms. The molecule has 0 saturated carbocycles. The average molecular weight is 496 g/mol. The van der Waals surface area contributed by atoms with Gasteiger partial charge in [-0.25, -0.2) is 13.9 Å². The highest BCUT2D eigenvalue weighted by molar-refractivity contribution is 6.31. The molecule has 0 fully saturated rings. The molecule has 3 rings (SSSR count). The molecule has 0 aliphatic rings. The summed E-state index contributed by atoms with van der Waals surface area (Å²) < 4.78 is 33.8. The Hall–Kier alpha value is -3.70. The third-order valence-electron chi connectivity index (χ3n) is 5.01. The molecule has 9 nitrogen and oxygen atoms in total. The number of aliphatic hydroxyl groups is 1. The van der Waals surface area contributed by atoms with Gasteiger partial charge in [-0.05, 0) is 24.1 Å². The molecule has 2 atom stereocenters. The molecule has 180 valence electrons. The van der Waals surface area contributed by atoms with Crippen LogP contribution in [0.4, 0.5) is 8.78 Å². The van der Waals surface area contributed by atoms with E-state index in [0.717, 1.165) is 10.7 Å². The van der Waals surface area contributed by atoms with Gasteiger partial charge in [0.1, 0.15) is 0 Å². The second-order valence-electron chi connectivity index (χ2n) is 7.26. The molecule has 3 aromatic rings. The zero-order chi connectivity index (χ0) is 25.0. The van der Waals surface area contributed by atoms with Crippen LogP contribution in [0.15, 0.2) is 42.5 Å². The van der Waals surface area contributed by atoms with Gasteiger partial charge in [0.2, 0.25) is 11.7 Å². The van der Waals surface area contributed by atoms with E-state index < -0.39 is 48.1 Å². The Labute approximate surface area is 197 Å². The first-order valence-electron chi connectivity index (χ1n) is 9.85. The number of rotatable bonds is 9. The number of ether oxygens (including phenoxy) is 1. The third kappa shape index (κ3) is 5.43. The number of carbonyl (C=O) groups excluding carboxylic acids is 1. The highest BCUT2D eigenvalue weighted by Crippen LogP contribution is 2.24. The number of carboxylic acid groups (broad SMARTS) is 1. The van der Waals surface area contributed by atoms with Crippen molar-refractivity contribution >= 4 is 23.5 Å². The molecule has 1 aromatic heterocycles. The molecule has 0 spiro atoms. The van der Waals surface area contributed by atoms with Gasteiger partial charge in [-0.2, -0.15) is 9.49 Å². The quantitative estimate of drug-likeness (QED) is 0.358. The van der Waals surface area contributed by atoms with Gasteiger partial charge in [0.15, 0.2) is 23.4 Å². The maximum atomic E-state index is 14.3. The number of aliphatic hydroxyl groups excluding tert-OH is 1. The first-order valence-corrected chi connectivity index (χ1v) is 10.2. The number of amides is 1. The summed E-state index contributed by atoms with van der Waals surface area (Å²) in [5.74, 6) is -5.72. The van der Waals surface area contributed by atoms with Crippen LogP contribution >= 0.6 is 11.6 Å². The standard InChI is InChI=1S/C22H20ClF2N3O6/c1-34-16-7-6-12(18(24)19(16)25)10-28-17(29)9-15(27-28)21(31)26-14(20(30)22(32)33)8-11-4-2-3-5-13(11)23/h2-7,9,14,20,29-30H,8,10H2,1H3,(H,26,31)(H,32,33). The SMILES string of the molecule is COc1ccc(Cn2nc(C(=O)NC(Cc3ccccc3Cl)C(O)C(=O)O)cc2O)c(F)c1F. The van der Waals surface area contributed by atoms with Crippen molar-refractivity contribution in [3.05, 3.63) is 75.9 Å². The van der Waals surface area contributed by atoms with Gasteiger partial charge >= 0.3 is 5.97 Å². The van der Waals surface area contributed by atoms with E-state index in [1.165, 1.54) is 19.2 Å². The van der Waals surface area contributed by atoms with E-state index in [1.807, 2.05) is 0 Å². The molecule has 1 heterocycles. The fourth-order valence-electron chi connectivity index (χ4n) is 3.20. The van der Waals surface area contributed by atoms with Gasteiger partial charge < -0.3 is 25.4 Å². The molecule has 2 aromatic carbocycles. The second-order valence-corrected chi connectivity index (χ2v) is 7.67. The van der Waals surface area contributed by atoms with Crippen LogP contribution in [0.25, 0.3) is 0 Å². The lowest BCUT2D eigenvalue weighted by Crippen LogP contribution is -2.48. The topological polar surface area (TPSA) is 134 Å². The number of carbonyl (C=O) groups is 2. The van der Waals surface area contributed by atoms with Crippen LogP contribution in [-0.4, -0.2) is 56.2 Å². The fourth-order valence-corrected chi connectivity index (χ4v) is 3.42. The Morgan fingerprint density at radius 3 is 2.53 bits per heavy atom. The van der Waals surface area contributed by atoms with Crippen molar-refractivity contribution in [1.29, 1.82) is 0 Å². The van der Waals surface area contributed by atoms with Crippen LogP contribution in [0.5, 0.6) is 11.6 Å². The molecule has 0 radical (unpaired) electrons. The summed E-state index contributed by atoms with van der Waals surface area (Å²) in [5.41, 5.74) is -0.0182. The molecule has 0 aliphatic carbocycles. The molecule has 4 N–H and O–H groups in total. The predicted octanol–water partition coefficient (Wildman–Crippen LogP) is 2.36. The van der Waals surface area contributed by atoms with Gasteiger partial charge in [0.25, 0.3) is 5.91 Å². The van der Waals surface area contributed by atoms with E-state index in [0.29, 0.717) is 10.6 Å². The Morgan fingerprint density at radius 2 is 1.88 bits per heavy atom. The highest BCUT2D eigenvalue weighted by atomic mass is 35.5. The number of halogens is 3. The van der Waals surface area contributed by atoms with Crippen molar-refractivity contribution in [2.75, 3.05) is 7.11 Å². The van der Waals surface area contributed by atoms with E-state index in [1.54, 1.807) is 24.3 Å². The summed E-state index contributed by atoms with van der Waals surface area (Å²) in [7, 11) is 1.18. The van der Waals surface area contributed by atoms with Crippen LogP contribution < -0.4 is 10.1 Å². The van der Waals surface area contributed by atoms with E-state index in [-0.39, 0.29) is 23.4 Å². The van der Waals surface area contributed by atoms with Crippen LogP contribution in [-0.2, 0) is 17.8 Å². The van der Waals surface area contributed by atoms with Crippen molar-refractivity contribution in [1.82, 2.24) is 15.1 Å². The number of nitrogens with one attached hydrogen (secondary N) is 1. The second kappa shape index (κ2) is 10.5. The van der Waals surface area contributed by atoms with E-state index >= 15 is 0 Å². The number of benzene rings is 2. The lowest BCUT2D eigenvalue weighted by atomic mass is 10.0. The summed E-state index contributed by atoms with van der Waals surface area (Å²) >= 11 is 6.09. The largest absolute Gasteiger partial charge is 0.494 e. The van der Waals surface area contributed by atoms with Gasteiger partial charge in [-0.3, -0.25) is 4.79 Å². The minimum Gasteiger partial charge on any atom is -0.494 e. The average Bonchev–Trinajstić information content (AvgIpc) is 3.17. The number of aromatic hydroxyl groups is 1. The van der Waals surface area contributed by atoms with E-state index in [9.17, 15) is 33.7 Å². The maximum absolute atomic E-state index is 14.3. The van der Waals surface area contributed by atoms with Gasteiger partial charge in [0, 0.05) is 16.7 Å². The molecular formula is C22H20ClF2N3O6. The maximum Gasteiger partial charge on any atom is 0.334 e. The lowest BCUT2D eigenvalue weighted by molar-refractivity contribution is -0.148. The van der Waals surface area contributed by atoms with Gasteiger partial charge in [-0.1, -0.05) is 35.9 Å². The van der Waals surface area contributed by atoms with Crippen LogP contribution in [0.2, 0.25) is 5.02 Å². The first-order chi connectivity index (χ1) is 16.1. The third-order valence-corrected chi connectivity index (χ3v) is 5.38. The normalized spacial score (nSPS) is 12.7. The summed E-state index contributed by atoms with van der Waals surface area (Å²) in [6.07, 6.45) is -2.07. The van der Waals surface area contributed by atoms with Gasteiger partial charge in [0.05, 0.1) is 19.7 Å². The fraction of sp³-hybridized carbons (Fsp3) is 0.227. The van der Waals surface area contributed by atoms with Crippen LogP contribution in [0.1, 0.15) is 21.6 Å². The number of hydrogen-bond acceptors (Lipinski definition) is 6. The summed E-state index contributed by atoms with van der Waals surface area (Å²) in [5, 5.41) is 36.0. The molecule has 12 heteroatoms. The number of aliphatic carboxylic acids is 1. The lowest BCUT2D eigenvalue weighted by Gasteiger charge is -2.21. The van der Waals surface area contributed by atoms with Crippen molar-refractivity contribution in [2.24, 2.45) is 0 Å². The van der Waals surface area contributed by atoms with E-state index in [2.05, 4.69) is 10.4 Å². The highest BCUT2D eigenvalue weighted by Gasteiger charge is 2.29. The summed E-state index contributed by atoms with van der Waals surface area (Å²) in [6.45, 7) is -0.410. The zero-order valence-corrected chi connectivity index (χ0v) is 18.5. The Bertz CT molecular complexity index is 1220. The van der Waals surface area contributed by atoms with E-state index in [4.69, 9.17) is 16.3 Å². The molecule has 34 heavy (non-hydrogen) atoms. The van der Waals surface area contributed by atoms with Gasteiger partial charge in [-0.15, -0.1) is 0 Å². The number of aromatic nitrogens is 2. The van der Waals surface area contributed by atoms with Crippen molar-refractivity contribution in [3.8, 4) is 11.6 Å². The minimum absolute atomic E-state index is 0.109. The smallest absolute Gasteiger partial charge is 0.334 e. The van der Waals surface area contributed by atoms with Crippen molar-refractivity contribution in [2.45, 2.75) is 25.1 Å². The first kappa shape index (κ1) is 24.9. The zero-order valence-electron chi connectivity index (χ0n) is 17.7. The molecule has 0 aliphatic heterocycles. The monoisotopic (exact) mass is 495 g/mol. The van der Waals surface area contributed by atoms with Crippen LogP contribution in [0, 0.1) is 11.6 Å². The number of carboxylic acids is 1. The van der Waals surface area contributed by atoms with Crippen molar-refractivity contribution in [3.63, 3.8) is 0 Å². The molecule has 1 amide bonds. The Morgan fingerprint density at radius 1 is 1.18 bits per heavy atom. The number of hydrogen-bond donors (Lipinski definition) is 4. The molecule has 2 unspecified atom stereocenters.